The summed E-state index contributed by atoms with van der Waals surface area (Å²) in [6.07, 6.45) is 0. The van der Waals surface area contributed by atoms with Crippen molar-refractivity contribution in [1.29, 1.82) is 0 Å². The molecule has 1 amide bonds. The molecular weight excluding hydrogens is 288 g/mol. The Bertz CT molecular complexity index is 569. The first-order valence-electron chi connectivity index (χ1n) is 5.48. The predicted molar refractivity (Wildman–Crippen MR) is 72.7 cm³/mol. The van der Waals surface area contributed by atoms with Gasteiger partial charge >= 0.3 is 0 Å². The number of hydrogen-bond donors (Lipinski definition) is 2. The Kier molecular flexibility index (Phi) is 4.54. The molecule has 3 N–H and O–H groups in total. The van der Waals surface area contributed by atoms with Crippen LogP contribution in [0, 0.1) is 0 Å². The molecule has 0 bridgehead atoms. The Labute approximate surface area is 119 Å². The van der Waals surface area contributed by atoms with Crippen LogP contribution < -0.4 is 11.3 Å². The van der Waals surface area contributed by atoms with E-state index in [1.165, 1.54) is 11.3 Å². The second kappa shape index (κ2) is 6.16. The first-order chi connectivity index (χ1) is 9.08. The maximum atomic E-state index is 11.2. The third kappa shape index (κ3) is 3.77. The van der Waals surface area contributed by atoms with E-state index in [1.54, 1.807) is 6.07 Å². The lowest BCUT2D eigenvalue weighted by Crippen LogP contribution is -2.30. The van der Waals surface area contributed by atoms with Gasteiger partial charge in [-0.25, -0.2) is 5.84 Å². The maximum Gasteiger partial charge on any atom is 0.287 e. The highest BCUT2D eigenvalue weighted by molar-refractivity contribution is 7.16. The highest BCUT2D eigenvalue weighted by Gasteiger charge is 2.13. The van der Waals surface area contributed by atoms with Crippen molar-refractivity contribution >= 4 is 28.8 Å². The molecule has 8 heteroatoms. The van der Waals surface area contributed by atoms with Crippen LogP contribution in [0.5, 0.6) is 0 Å². The van der Waals surface area contributed by atoms with Gasteiger partial charge in [-0.15, -0.1) is 11.3 Å². The van der Waals surface area contributed by atoms with E-state index in [0.29, 0.717) is 12.3 Å². The summed E-state index contributed by atoms with van der Waals surface area (Å²) in [5.41, 5.74) is 2.17. The fraction of sp³-hybridized carbons (Fsp3) is 0.273. The van der Waals surface area contributed by atoms with Crippen LogP contribution >= 0.6 is 22.9 Å². The van der Waals surface area contributed by atoms with E-state index in [1.807, 2.05) is 29.5 Å². The van der Waals surface area contributed by atoms with E-state index in [-0.39, 0.29) is 5.69 Å². The number of hydrazine groups is 1. The second-order valence-corrected chi connectivity index (χ2v) is 5.83. The number of halogens is 1. The van der Waals surface area contributed by atoms with Crippen LogP contribution in [0.2, 0.25) is 4.34 Å². The summed E-state index contributed by atoms with van der Waals surface area (Å²) in [7, 11) is 1.94. The lowest BCUT2D eigenvalue weighted by Gasteiger charge is -2.12. The molecule has 0 spiro atoms. The van der Waals surface area contributed by atoms with Gasteiger partial charge in [-0.2, -0.15) is 0 Å². The minimum atomic E-state index is -0.470. The number of carbonyl (C=O) groups excluding carboxylic acids is 1. The Balaban J connectivity index is 1.93. The van der Waals surface area contributed by atoms with Crippen molar-refractivity contribution in [2.24, 2.45) is 5.84 Å². The van der Waals surface area contributed by atoms with E-state index in [0.717, 1.165) is 15.8 Å². The molecule has 0 aliphatic carbocycles. The van der Waals surface area contributed by atoms with Gasteiger partial charge < -0.3 is 4.52 Å². The summed E-state index contributed by atoms with van der Waals surface area (Å²) < 4.78 is 5.84. The molecule has 0 aromatic carbocycles. The highest BCUT2D eigenvalue weighted by Crippen LogP contribution is 2.22. The number of nitrogens with zero attached hydrogens (tertiary/aromatic N) is 2. The molecule has 2 rings (SSSR count). The normalized spacial score (nSPS) is 10.9. The topological polar surface area (TPSA) is 84.4 Å². The van der Waals surface area contributed by atoms with Gasteiger partial charge in [0.1, 0.15) is 0 Å². The molecule has 2 aromatic rings. The van der Waals surface area contributed by atoms with Crippen molar-refractivity contribution < 1.29 is 9.32 Å². The standard InChI is InChI=1S/C11H13ClN4O2S/c1-16(6-8-2-3-10(12)19-8)5-7-4-9(15-18-7)11(17)14-13/h2-4H,5-6,13H2,1H3,(H,14,17). The van der Waals surface area contributed by atoms with E-state index < -0.39 is 5.91 Å². The highest BCUT2D eigenvalue weighted by atomic mass is 35.5. The zero-order valence-electron chi connectivity index (χ0n) is 10.2. The number of thiophene rings is 1. The maximum absolute atomic E-state index is 11.2. The van der Waals surface area contributed by atoms with Crippen molar-refractivity contribution in [2.45, 2.75) is 13.1 Å². The molecule has 0 saturated carbocycles. The molecule has 6 nitrogen and oxygen atoms in total. The number of nitrogen functional groups attached to an aromatic ring is 1. The zero-order chi connectivity index (χ0) is 13.8. The average Bonchev–Trinajstić information content (AvgIpc) is 2.98. The molecule has 0 atom stereocenters. The first-order valence-corrected chi connectivity index (χ1v) is 6.67. The molecule has 102 valence electrons. The Hall–Kier alpha value is -1.41. The van der Waals surface area contributed by atoms with Gasteiger partial charge in [-0.05, 0) is 19.2 Å². The van der Waals surface area contributed by atoms with Crippen LogP contribution in [0.1, 0.15) is 21.1 Å². The molecular formula is C11H13ClN4O2S. The van der Waals surface area contributed by atoms with E-state index in [9.17, 15) is 4.79 Å². The Morgan fingerprint density at radius 3 is 3.00 bits per heavy atom. The fourth-order valence-electron chi connectivity index (χ4n) is 1.59. The van der Waals surface area contributed by atoms with Crippen LogP contribution in [0.3, 0.4) is 0 Å². The quantitative estimate of drug-likeness (QED) is 0.498. The van der Waals surface area contributed by atoms with Gasteiger partial charge in [0.2, 0.25) is 0 Å². The summed E-state index contributed by atoms with van der Waals surface area (Å²) in [6, 6.07) is 5.42. The molecule has 0 saturated heterocycles. The molecule has 19 heavy (non-hydrogen) atoms. The minimum absolute atomic E-state index is 0.171. The fourth-order valence-corrected chi connectivity index (χ4v) is 2.76. The number of nitrogens with one attached hydrogen (secondary N) is 1. The monoisotopic (exact) mass is 300 g/mol. The molecule has 0 radical (unpaired) electrons. The van der Waals surface area contributed by atoms with E-state index in [4.69, 9.17) is 22.0 Å². The number of hydrogen-bond acceptors (Lipinski definition) is 6. The number of nitrogens with two attached hydrogens (primary N) is 1. The smallest absolute Gasteiger partial charge is 0.287 e. The molecule has 0 unspecified atom stereocenters. The molecule has 0 aliphatic heterocycles. The van der Waals surface area contributed by atoms with Gasteiger partial charge in [-0.1, -0.05) is 16.8 Å². The SMILES string of the molecule is CN(Cc1cc(C(=O)NN)no1)Cc1ccc(Cl)s1. The average molecular weight is 301 g/mol. The lowest BCUT2D eigenvalue weighted by molar-refractivity contribution is 0.0944. The van der Waals surface area contributed by atoms with Crippen molar-refractivity contribution in [2.75, 3.05) is 7.05 Å². The molecule has 0 aliphatic rings. The summed E-state index contributed by atoms with van der Waals surface area (Å²) in [5.74, 6) is 5.15. The predicted octanol–water partition coefficient (Wildman–Crippen LogP) is 1.62. The summed E-state index contributed by atoms with van der Waals surface area (Å²) in [6.45, 7) is 1.29. The van der Waals surface area contributed by atoms with Gasteiger partial charge in [0.25, 0.3) is 5.91 Å². The molecule has 2 heterocycles. The van der Waals surface area contributed by atoms with Crippen LogP contribution in [0.4, 0.5) is 0 Å². The van der Waals surface area contributed by atoms with Crippen LogP contribution in [-0.2, 0) is 13.1 Å². The number of carbonyl (C=O) groups is 1. The zero-order valence-corrected chi connectivity index (χ0v) is 11.8. The van der Waals surface area contributed by atoms with Crippen molar-refractivity contribution in [3.8, 4) is 0 Å². The molecule has 0 fully saturated rings. The first kappa shape index (κ1) is 14.0. The number of amides is 1. The molecule has 2 aromatic heterocycles. The third-order valence-electron chi connectivity index (χ3n) is 2.40. The van der Waals surface area contributed by atoms with Crippen molar-refractivity contribution in [3.05, 3.63) is 38.9 Å². The Morgan fingerprint density at radius 1 is 1.58 bits per heavy atom. The van der Waals surface area contributed by atoms with Crippen molar-refractivity contribution in [3.63, 3.8) is 0 Å². The number of aromatic nitrogens is 1. The Morgan fingerprint density at radius 2 is 2.37 bits per heavy atom. The van der Waals surface area contributed by atoms with Crippen LogP contribution in [0.25, 0.3) is 0 Å². The second-order valence-electron chi connectivity index (χ2n) is 4.03. The van der Waals surface area contributed by atoms with E-state index >= 15 is 0 Å². The van der Waals surface area contributed by atoms with E-state index in [2.05, 4.69) is 5.16 Å². The van der Waals surface area contributed by atoms with Gasteiger partial charge in [0.05, 0.1) is 10.9 Å². The lowest BCUT2D eigenvalue weighted by atomic mass is 10.3. The van der Waals surface area contributed by atoms with Crippen LogP contribution in [0.15, 0.2) is 22.7 Å². The summed E-state index contributed by atoms with van der Waals surface area (Å²) in [5, 5.41) is 3.64. The van der Waals surface area contributed by atoms with Gasteiger partial charge in [-0.3, -0.25) is 15.1 Å². The largest absolute Gasteiger partial charge is 0.359 e. The third-order valence-corrected chi connectivity index (χ3v) is 3.62. The van der Waals surface area contributed by atoms with Crippen molar-refractivity contribution in [1.82, 2.24) is 15.5 Å². The number of rotatable bonds is 5. The van der Waals surface area contributed by atoms with Crippen LogP contribution in [-0.4, -0.2) is 23.0 Å². The summed E-state index contributed by atoms with van der Waals surface area (Å²) >= 11 is 7.41. The van der Waals surface area contributed by atoms with Gasteiger partial charge in [0.15, 0.2) is 11.5 Å². The summed E-state index contributed by atoms with van der Waals surface area (Å²) in [4.78, 5) is 14.4. The van der Waals surface area contributed by atoms with Gasteiger partial charge in [0, 0.05) is 17.5 Å². The minimum Gasteiger partial charge on any atom is -0.359 e.